The van der Waals surface area contributed by atoms with Gasteiger partial charge in [0.2, 0.25) is 0 Å². The SMILES string of the molecule is O=c1[nH]c(-c2ccccc2)nc2c1CN(Cc1cc(O)cc(O)c1)CC2. The number of hydrogen-bond donors (Lipinski definition) is 3. The van der Waals surface area contributed by atoms with Crippen LogP contribution in [0.2, 0.25) is 0 Å². The van der Waals surface area contributed by atoms with Crippen molar-refractivity contribution in [2.24, 2.45) is 0 Å². The van der Waals surface area contributed by atoms with Crippen LogP contribution in [0.15, 0.2) is 53.3 Å². The molecule has 4 rings (SSSR count). The first-order valence-electron chi connectivity index (χ1n) is 8.50. The molecule has 2 heterocycles. The minimum Gasteiger partial charge on any atom is -0.508 e. The third-order valence-corrected chi connectivity index (χ3v) is 4.56. The Morgan fingerprint density at radius 3 is 2.54 bits per heavy atom. The monoisotopic (exact) mass is 349 g/mol. The lowest BCUT2D eigenvalue weighted by Gasteiger charge is -2.27. The summed E-state index contributed by atoms with van der Waals surface area (Å²) >= 11 is 0. The summed E-state index contributed by atoms with van der Waals surface area (Å²) < 4.78 is 0. The van der Waals surface area contributed by atoms with Crippen LogP contribution in [-0.2, 0) is 19.5 Å². The Labute approximate surface area is 150 Å². The van der Waals surface area contributed by atoms with Crippen LogP contribution in [-0.4, -0.2) is 31.6 Å². The van der Waals surface area contributed by atoms with Gasteiger partial charge in [0.1, 0.15) is 17.3 Å². The second kappa shape index (κ2) is 6.65. The number of hydrogen-bond acceptors (Lipinski definition) is 5. The molecule has 0 fully saturated rings. The van der Waals surface area contributed by atoms with E-state index in [0.717, 1.165) is 23.4 Å². The quantitative estimate of drug-likeness (QED) is 0.676. The molecule has 6 nitrogen and oxygen atoms in total. The van der Waals surface area contributed by atoms with E-state index >= 15 is 0 Å². The zero-order valence-electron chi connectivity index (χ0n) is 14.1. The van der Waals surface area contributed by atoms with Gasteiger partial charge in [-0.15, -0.1) is 0 Å². The van der Waals surface area contributed by atoms with Gasteiger partial charge in [-0.05, 0) is 17.7 Å². The van der Waals surface area contributed by atoms with Crippen molar-refractivity contribution in [2.45, 2.75) is 19.5 Å². The van der Waals surface area contributed by atoms with Gasteiger partial charge in [-0.3, -0.25) is 9.69 Å². The first-order valence-corrected chi connectivity index (χ1v) is 8.50. The van der Waals surface area contributed by atoms with E-state index in [4.69, 9.17) is 0 Å². The Kier molecular flexibility index (Phi) is 4.18. The van der Waals surface area contributed by atoms with Crippen molar-refractivity contribution in [3.8, 4) is 22.9 Å². The van der Waals surface area contributed by atoms with E-state index in [2.05, 4.69) is 14.9 Å². The van der Waals surface area contributed by atoms with E-state index in [-0.39, 0.29) is 17.1 Å². The van der Waals surface area contributed by atoms with Crippen LogP contribution < -0.4 is 5.56 Å². The molecule has 1 aromatic heterocycles. The Bertz CT molecular complexity index is 979. The lowest BCUT2D eigenvalue weighted by Crippen LogP contribution is -2.35. The largest absolute Gasteiger partial charge is 0.508 e. The molecular formula is C20H19N3O3. The minimum atomic E-state index is -0.114. The van der Waals surface area contributed by atoms with Crippen molar-refractivity contribution in [3.05, 3.63) is 75.7 Å². The first kappa shape index (κ1) is 16.4. The van der Waals surface area contributed by atoms with Gasteiger partial charge in [0.05, 0.1) is 11.3 Å². The highest BCUT2D eigenvalue weighted by molar-refractivity contribution is 5.54. The predicted molar refractivity (Wildman–Crippen MR) is 97.9 cm³/mol. The molecule has 0 amide bonds. The lowest BCUT2D eigenvalue weighted by molar-refractivity contribution is 0.241. The molecule has 26 heavy (non-hydrogen) atoms. The van der Waals surface area contributed by atoms with E-state index in [1.54, 1.807) is 12.1 Å². The van der Waals surface area contributed by atoms with Gasteiger partial charge < -0.3 is 15.2 Å². The van der Waals surface area contributed by atoms with Crippen molar-refractivity contribution >= 4 is 0 Å². The minimum absolute atomic E-state index is 0.0319. The average molecular weight is 349 g/mol. The van der Waals surface area contributed by atoms with Crippen LogP contribution in [0.4, 0.5) is 0 Å². The highest BCUT2D eigenvalue weighted by Gasteiger charge is 2.21. The molecule has 0 saturated heterocycles. The number of nitrogens with zero attached hydrogens (tertiary/aromatic N) is 2. The number of fused-ring (bicyclic) bond motifs is 1. The van der Waals surface area contributed by atoms with E-state index in [0.29, 0.717) is 30.9 Å². The van der Waals surface area contributed by atoms with Crippen molar-refractivity contribution in [3.63, 3.8) is 0 Å². The molecule has 0 aliphatic carbocycles. The van der Waals surface area contributed by atoms with Crippen LogP contribution >= 0.6 is 0 Å². The van der Waals surface area contributed by atoms with Crippen LogP contribution in [0.3, 0.4) is 0 Å². The van der Waals surface area contributed by atoms with Crippen molar-refractivity contribution < 1.29 is 10.2 Å². The first-order chi connectivity index (χ1) is 12.6. The summed E-state index contributed by atoms with van der Waals surface area (Å²) in [5, 5.41) is 19.2. The second-order valence-corrected chi connectivity index (χ2v) is 6.52. The maximum absolute atomic E-state index is 12.6. The highest BCUT2D eigenvalue weighted by Crippen LogP contribution is 2.24. The Morgan fingerprint density at radius 2 is 1.81 bits per heavy atom. The molecule has 0 radical (unpaired) electrons. The number of nitrogens with one attached hydrogen (secondary N) is 1. The zero-order chi connectivity index (χ0) is 18.1. The molecule has 0 spiro atoms. The molecule has 0 saturated carbocycles. The molecule has 3 aromatic rings. The smallest absolute Gasteiger partial charge is 0.255 e. The summed E-state index contributed by atoms with van der Waals surface area (Å²) in [6.07, 6.45) is 0.684. The van der Waals surface area contributed by atoms with Gasteiger partial charge >= 0.3 is 0 Å². The third kappa shape index (κ3) is 3.32. The number of phenolic OH excluding ortho intramolecular Hbond substituents is 2. The normalized spacial score (nSPS) is 14.2. The van der Waals surface area contributed by atoms with Crippen molar-refractivity contribution in [1.82, 2.24) is 14.9 Å². The van der Waals surface area contributed by atoms with E-state index < -0.39 is 0 Å². The standard InChI is InChI=1S/C20H19N3O3/c24-15-8-13(9-16(25)10-15)11-23-7-6-18-17(12-23)20(26)22-19(21-18)14-4-2-1-3-5-14/h1-5,8-10,24-25H,6-7,11-12H2,(H,21,22,26). The van der Waals surface area contributed by atoms with Gasteiger partial charge in [-0.2, -0.15) is 0 Å². The van der Waals surface area contributed by atoms with Crippen LogP contribution in [0, 0.1) is 0 Å². The van der Waals surface area contributed by atoms with E-state index in [9.17, 15) is 15.0 Å². The molecule has 132 valence electrons. The van der Waals surface area contributed by atoms with Gasteiger partial charge in [-0.25, -0.2) is 4.98 Å². The number of aromatic hydroxyl groups is 2. The number of phenols is 2. The van der Waals surface area contributed by atoms with Crippen molar-refractivity contribution in [1.29, 1.82) is 0 Å². The van der Waals surface area contributed by atoms with Gasteiger partial charge in [0.25, 0.3) is 5.56 Å². The molecule has 6 heteroatoms. The summed E-state index contributed by atoms with van der Waals surface area (Å²) in [6.45, 7) is 1.79. The maximum atomic E-state index is 12.6. The fourth-order valence-corrected chi connectivity index (χ4v) is 3.35. The topological polar surface area (TPSA) is 89.5 Å². The zero-order valence-corrected chi connectivity index (χ0v) is 14.1. The van der Waals surface area contributed by atoms with E-state index in [1.807, 2.05) is 30.3 Å². The molecule has 1 aliphatic rings. The van der Waals surface area contributed by atoms with Gasteiger partial charge in [0.15, 0.2) is 0 Å². The van der Waals surface area contributed by atoms with Crippen LogP contribution in [0.25, 0.3) is 11.4 Å². The van der Waals surface area contributed by atoms with Gasteiger partial charge in [0, 0.05) is 37.7 Å². The molecule has 3 N–H and O–H groups in total. The number of H-pyrrole nitrogens is 1. The summed E-state index contributed by atoms with van der Waals surface area (Å²) in [5.74, 6) is 0.662. The lowest BCUT2D eigenvalue weighted by atomic mass is 10.1. The van der Waals surface area contributed by atoms with Crippen LogP contribution in [0.5, 0.6) is 11.5 Å². The summed E-state index contributed by atoms with van der Waals surface area (Å²) in [7, 11) is 0. The Morgan fingerprint density at radius 1 is 1.08 bits per heavy atom. The fourth-order valence-electron chi connectivity index (χ4n) is 3.35. The fraction of sp³-hybridized carbons (Fsp3) is 0.200. The van der Waals surface area contributed by atoms with Gasteiger partial charge in [-0.1, -0.05) is 30.3 Å². The molecule has 0 bridgehead atoms. The summed E-state index contributed by atoms with van der Waals surface area (Å²) in [6, 6.07) is 14.2. The Hall–Kier alpha value is -3.12. The van der Waals surface area contributed by atoms with Crippen LogP contribution in [0.1, 0.15) is 16.8 Å². The number of benzene rings is 2. The number of aromatic nitrogens is 2. The number of rotatable bonds is 3. The molecule has 0 atom stereocenters. The number of aromatic amines is 1. The molecule has 1 aliphatic heterocycles. The predicted octanol–water partition coefficient (Wildman–Crippen LogP) is 2.41. The molecular weight excluding hydrogens is 330 g/mol. The molecule has 2 aromatic carbocycles. The highest BCUT2D eigenvalue weighted by atomic mass is 16.3. The second-order valence-electron chi connectivity index (χ2n) is 6.52. The molecule has 0 unspecified atom stereocenters. The summed E-state index contributed by atoms with van der Waals surface area (Å²) in [5.41, 5.74) is 3.10. The Balaban J connectivity index is 1.58. The third-order valence-electron chi connectivity index (χ3n) is 4.56. The van der Waals surface area contributed by atoms with Crippen molar-refractivity contribution in [2.75, 3.05) is 6.54 Å². The van der Waals surface area contributed by atoms with E-state index in [1.165, 1.54) is 6.07 Å². The maximum Gasteiger partial charge on any atom is 0.255 e. The summed E-state index contributed by atoms with van der Waals surface area (Å²) in [4.78, 5) is 22.2. The average Bonchev–Trinajstić information content (AvgIpc) is 2.62.